The molecule has 1 aromatic carbocycles. The highest BCUT2D eigenvalue weighted by atomic mass is 32.1. The number of para-hydroxylation sites is 1. The van der Waals surface area contributed by atoms with Crippen LogP contribution in [0, 0.1) is 5.41 Å². The molecule has 1 fully saturated rings. The molecule has 0 radical (unpaired) electrons. The fraction of sp³-hybridized carbons (Fsp3) is 0.593. The van der Waals surface area contributed by atoms with Crippen LogP contribution in [0.3, 0.4) is 0 Å². The first-order chi connectivity index (χ1) is 16.2. The summed E-state index contributed by atoms with van der Waals surface area (Å²) in [6.07, 6.45) is 6.65. The van der Waals surface area contributed by atoms with Crippen molar-refractivity contribution >= 4 is 28.8 Å². The van der Waals surface area contributed by atoms with Crippen LogP contribution in [-0.2, 0) is 22.7 Å². The number of hydrogen-bond donors (Lipinski definition) is 0. The van der Waals surface area contributed by atoms with Crippen LogP contribution in [0.15, 0.2) is 35.8 Å². The summed E-state index contributed by atoms with van der Waals surface area (Å²) in [5.74, 6) is 0.241. The van der Waals surface area contributed by atoms with Crippen molar-refractivity contribution in [2.24, 2.45) is 5.41 Å². The molecule has 34 heavy (non-hydrogen) atoms. The van der Waals surface area contributed by atoms with Gasteiger partial charge in [0.1, 0.15) is 5.01 Å². The molecule has 1 saturated heterocycles. The molecule has 2 aliphatic rings. The number of anilines is 1. The number of thiazole rings is 1. The van der Waals surface area contributed by atoms with Crippen LogP contribution < -0.4 is 4.90 Å². The number of amides is 2. The first-order valence-electron chi connectivity index (χ1n) is 12.5. The van der Waals surface area contributed by atoms with Gasteiger partial charge in [-0.3, -0.25) is 14.5 Å². The number of carbonyl (C=O) groups is 2. The zero-order valence-electron chi connectivity index (χ0n) is 21.0. The predicted octanol–water partition coefficient (Wildman–Crippen LogP) is 5.09. The molecule has 2 bridgehead atoms. The second-order valence-electron chi connectivity index (χ2n) is 10.9. The van der Waals surface area contributed by atoms with Gasteiger partial charge in [0, 0.05) is 62.3 Å². The average molecular weight is 483 g/mol. The molecule has 6 nitrogen and oxygen atoms in total. The minimum absolute atomic E-state index is 0.0538. The van der Waals surface area contributed by atoms with E-state index in [-0.39, 0.29) is 17.2 Å². The second-order valence-corrected chi connectivity index (χ2v) is 11.9. The molecule has 0 spiro atoms. The Hall–Kier alpha value is -2.25. The van der Waals surface area contributed by atoms with E-state index in [9.17, 15) is 9.59 Å². The standard InChI is InChI=1S/C27H38N4O2S/c1-20(32)30-14-12-22-9-7-10-23(31(22)19-25-28-13-15-34-25)18-29(26(33)16-27(2,3)4)17-21-8-5-6-11-24(21)30/h5-6,8,11,13,15,22-23H,7,9-10,12,14,16-19H2,1-4H3. The van der Waals surface area contributed by atoms with Crippen molar-refractivity contribution in [3.63, 3.8) is 0 Å². The van der Waals surface area contributed by atoms with E-state index in [1.807, 2.05) is 34.7 Å². The minimum atomic E-state index is -0.0795. The summed E-state index contributed by atoms with van der Waals surface area (Å²) in [7, 11) is 0. The fourth-order valence-electron chi connectivity index (χ4n) is 5.38. The Kier molecular flexibility index (Phi) is 7.73. The summed E-state index contributed by atoms with van der Waals surface area (Å²) in [4.78, 5) is 37.4. The zero-order valence-corrected chi connectivity index (χ0v) is 21.8. The van der Waals surface area contributed by atoms with E-state index in [0.717, 1.165) is 48.5 Å². The number of nitrogens with zero attached hydrogens (tertiary/aromatic N) is 4. The fourth-order valence-corrected chi connectivity index (χ4v) is 6.01. The molecule has 2 amide bonds. The number of piperidine rings is 1. The largest absolute Gasteiger partial charge is 0.337 e. The van der Waals surface area contributed by atoms with Gasteiger partial charge in [-0.15, -0.1) is 11.3 Å². The number of aromatic nitrogens is 1. The third-order valence-corrected chi connectivity index (χ3v) is 7.75. The van der Waals surface area contributed by atoms with E-state index in [0.29, 0.717) is 38.1 Å². The maximum absolute atomic E-state index is 13.6. The van der Waals surface area contributed by atoms with Crippen molar-refractivity contribution < 1.29 is 9.59 Å². The van der Waals surface area contributed by atoms with Crippen molar-refractivity contribution in [2.45, 2.75) is 85.0 Å². The monoisotopic (exact) mass is 482 g/mol. The molecule has 3 heterocycles. The van der Waals surface area contributed by atoms with Crippen LogP contribution in [-0.4, -0.2) is 51.8 Å². The maximum Gasteiger partial charge on any atom is 0.223 e. The molecule has 0 N–H and O–H groups in total. The van der Waals surface area contributed by atoms with Crippen LogP contribution >= 0.6 is 11.3 Å². The van der Waals surface area contributed by atoms with Crippen LogP contribution in [0.1, 0.15) is 70.4 Å². The SMILES string of the molecule is CC(=O)N1CCC2CCCC(CN(C(=O)CC(C)(C)C)Cc3ccccc31)N2Cc1nccs1. The van der Waals surface area contributed by atoms with Crippen LogP contribution in [0.2, 0.25) is 0 Å². The summed E-state index contributed by atoms with van der Waals surface area (Å²) in [6, 6.07) is 8.76. The lowest BCUT2D eigenvalue weighted by molar-refractivity contribution is -0.135. The van der Waals surface area contributed by atoms with Crippen LogP contribution in [0.25, 0.3) is 0 Å². The van der Waals surface area contributed by atoms with Gasteiger partial charge in [0.2, 0.25) is 11.8 Å². The van der Waals surface area contributed by atoms with Crippen molar-refractivity contribution in [2.75, 3.05) is 18.0 Å². The molecule has 1 aromatic heterocycles. The van der Waals surface area contributed by atoms with E-state index in [1.54, 1.807) is 18.3 Å². The van der Waals surface area contributed by atoms with Gasteiger partial charge in [0.05, 0.1) is 6.54 Å². The summed E-state index contributed by atoms with van der Waals surface area (Å²) >= 11 is 1.69. The molecule has 2 aliphatic heterocycles. The van der Waals surface area contributed by atoms with Gasteiger partial charge in [0.15, 0.2) is 0 Å². The number of benzene rings is 1. The van der Waals surface area contributed by atoms with Crippen molar-refractivity contribution in [1.29, 1.82) is 0 Å². The van der Waals surface area contributed by atoms with Crippen molar-refractivity contribution in [3.05, 3.63) is 46.4 Å². The Morgan fingerprint density at radius 2 is 1.88 bits per heavy atom. The summed E-state index contributed by atoms with van der Waals surface area (Å²) in [6.45, 7) is 10.7. The normalized spacial score (nSPS) is 22.1. The molecule has 2 unspecified atom stereocenters. The Morgan fingerprint density at radius 3 is 2.59 bits per heavy atom. The lowest BCUT2D eigenvalue weighted by Crippen LogP contribution is -2.52. The van der Waals surface area contributed by atoms with Crippen LogP contribution in [0.5, 0.6) is 0 Å². The van der Waals surface area contributed by atoms with Gasteiger partial charge in [-0.05, 0) is 36.3 Å². The summed E-state index contributed by atoms with van der Waals surface area (Å²) < 4.78 is 0. The minimum Gasteiger partial charge on any atom is -0.337 e. The predicted molar refractivity (Wildman–Crippen MR) is 138 cm³/mol. The Bertz CT molecular complexity index is 985. The maximum atomic E-state index is 13.6. The number of carbonyl (C=O) groups excluding carboxylic acids is 2. The van der Waals surface area contributed by atoms with Gasteiger partial charge in [-0.25, -0.2) is 4.98 Å². The number of fused-ring (bicyclic) bond motifs is 3. The van der Waals surface area contributed by atoms with Gasteiger partial charge in [0.25, 0.3) is 0 Å². The Labute approximate surface area is 208 Å². The van der Waals surface area contributed by atoms with E-state index in [1.165, 1.54) is 0 Å². The average Bonchev–Trinajstić information content (AvgIpc) is 3.27. The Balaban J connectivity index is 1.73. The summed E-state index contributed by atoms with van der Waals surface area (Å²) in [5, 5.41) is 3.15. The molecule has 7 heteroatoms. The summed E-state index contributed by atoms with van der Waals surface area (Å²) in [5.41, 5.74) is 1.90. The van der Waals surface area contributed by atoms with E-state index in [2.05, 4.69) is 41.6 Å². The topological polar surface area (TPSA) is 56.8 Å². The second kappa shape index (κ2) is 10.6. The van der Waals surface area contributed by atoms with E-state index >= 15 is 0 Å². The van der Waals surface area contributed by atoms with Gasteiger partial charge in [-0.1, -0.05) is 45.4 Å². The third kappa shape index (κ3) is 6.05. The lowest BCUT2D eigenvalue weighted by atomic mass is 9.90. The van der Waals surface area contributed by atoms with E-state index < -0.39 is 0 Å². The number of rotatable bonds is 3. The molecular formula is C27H38N4O2S. The molecule has 2 atom stereocenters. The zero-order chi connectivity index (χ0) is 24.3. The van der Waals surface area contributed by atoms with Crippen molar-refractivity contribution in [3.8, 4) is 0 Å². The molecular weight excluding hydrogens is 444 g/mol. The lowest BCUT2D eigenvalue weighted by Gasteiger charge is -2.44. The molecule has 2 aromatic rings. The third-order valence-electron chi connectivity index (χ3n) is 6.99. The molecule has 0 saturated carbocycles. The van der Waals surface area contributed by atoms with Crippen molar-refractivity contribution in [1.82, 2.24) is 14.8 Å². The van der Waals surface area contributed by atoms with Gasteiger partial charge >= 0.3 is 0 Å². The van der Waals surface area contributed by atoms with E-state index in [4.69, 9.17) is 0 Å². The van der Waals surface area contributed by atoms with Crippen LogP contribution in [0.4, 0.5) is 5.69 Å². The number of hydrogen-bond acceptors (Lipinski definition) is 5. The molecule has 4 rings (SSSR count). The highest BCUT2D eigenvalue weighted by Gasteiger charge is 2.35. The smallest absolute Gasteiger partial charge is 0.223 e. The molecule has 184 valence electrons. The first kappa shape index (κ1) is 24.9. The molecule has 0 aliphatic carbocycles. The first-order valence-corrected chi connectivity index (χ1v) is 13.4. The van der Waals surface area contributed by atoms with Gasteiger partial charge < -0.3 is 9.80 Å². The quantitative estimate of drug-likeness (QED) is 0.612. The van der Waals surface area contributed by atoms with Gasteiger partial charge in [-0.2, -0.15) is 0 Å². The Morgan fingerprint density at radius 1 is 1.12 bits per heavy atom. The highest BCUT2D eigenvalue weighted by Crippen LogP contribution is 2.32. The highest BCUT2D eigenvalue weighted by molar-refractivity contribution is 7.09.